The van der Waals surface area contributed by atoms with Gasteiger partial charge in [-0.2, -0.15) is 0 Å². The van der Waals surface area contributed by atoms with Gasteiger partial charge < -0.3 is 35.7 Å². The first kappa shape index (κ1) is 24.8. The van der Waals surface area contributed by atoms with Gasteiger partial charge in [0.25, 0.3) is 0 Å². The zero-order chi connectivity index (χ0) is 25.5. The standard InChI is InChI=1S/C24H24N2O9/c27-6-23(7-28,8-29)25-19-13-2-1-3-14-17(13)18-15(4-12(33)5-16(18)22(19)35)20(21(14)34)26-24(9-30,10-31)11-32/h1-5,27-33H,6-11H2. The number of phenolic OH excluding ortho intramolecular Hbond substituents is 1. The lowest BCUT2D eigenvalue weighted by Crippen LogP contribution is -2.45. The fourth-order valence-electron chi connectivity index (χ4n) is 4.18. The van der Waals surface area contributed by atoms with Crippen LogP contribution in [0.1, 0.15) is 0 Å². The van der Waals surface area contributed by atoms with Crippen molar-refractivity contribution in [3.05, 3.63) is 61.5 Å². The molecule has 184 valence electrons. The summed E-state index contributed by atoms with van der Waals surface area (Å²) in [5, 5.41) is 68.7. The lowest BCUT2D eigenvalue weighted by Gasteiger charge is -2.24. The lowest BCUT2D eigenvalue weighted by atomic mass is 9.86. The van der Waals surface area contributed by atoms with Gasteiger partial charge in [-0.1, -0.05) is 18.2 Å². The topological polar surface area (TPSA) is 200 Å². The van der Waals surface area contributed by atoms with Crippen molar-refractivity contribution in [1.29, 1.82) is 0 Å². The van der Waals surface area contributed by atoms with Gasteiger partial charge >= 0.3 is 0 Å². The molecule has 0 saturated heterocycles. The van der Waals surface area contributed by atoms with Gasteiger partial charge in [-0.25, -0.2) is 0 Å². The van der Waals surface area contributed by atoms with Crippen LogP contribution in [0.15, 0.2) is 49.9 Å². The van der Waals surface area contributed by atoms with Gasteiger partial charge in [-0.15, -0.1) is 0 Å². The number of aliphatic hydroxyl groups excluding tert-OH is 6. The van der Waals surface area contributed by atoms with Crippen molar-refractivity contribution in [3.8, 4) is 16.9 Å². The molecule has 2 aromatic rings. The second kappa shape index (κ2) is 9.04. The van der Waals surface area contributed by atoms with E-state index >= 15 is 0 Å². The van der Waals surface area contributed by atoms with Gasteiger partial charge in [0.15, 0.2) is 0 Å². The first-order valence-electron chi connectivity index (χ1n) is 10.7. The highest BCUT2D eigenvalue weighted by molar-refractivity contribution is 6.11. The summed E-state index contributed by atoms with van der Waals surface area (Å²) >= 11 is 0. The van der Waals surface area contributed by atoms with Crippen LogP contribution in [0.5, 0.6) is 5.75 Å². The summed E-state index contributed by atoms with van der Waals surface area (Å²) in [5.74, 6) is -0.380. The van der Waals surface area contributed by atoms with E-state index in [1.54, 1.807) is 0 Å². The number of phenols is 1. The van der Waals surface area contributed by atoms with Crippen molar-refractivity contribution in [2.24, 2.45) is 9.98 Å². The van der Waals surface area contributed by atoms with E-state index in [4.69, 9.17) is 0 Å². The third-order valence-corrected chi connectivity index (χ3v) is 6.33. The van der Waals surface area contributed by atoms with Crippen molar-refractivity contribution >= 4 is 21.5 Å². The quantitative estimate of drug-likeness (QED) is 0.128. The number of hydrogen-bond donors (Lipinski definition) is 7. The van der Waals surface area contributed by atoms with Crippen LogP contribution in [-0.2, 0) is 0 Å². The van der Waals surface area contributed by atoms with E-state index in [-0.39, 0.29) is 43.6 Å². The Labute approximate surface area is 196 Å². The molecule has 0 radical (unpaired) electrons. The van der Waals surface area contributed by atoms with Crippen molar-refractivity contribution in [2.75, 3.05) is 39.6 Å². The molecule has 11 heteroatoms. The maximum atomic E-state index is 13.6. The summed E-state index contributed by atoms with van der Waals surface area (Å²) < 4.78 is 0. The maximum absolute atomic E-state index is 13.6. The Bertz CT molecular complexity index is 1560. The molecule has 2 aliphatic rings. The fourth-order valence-corrected chi connectivity index (χ4v) is 4.18. The zero-order valence-electron chi connectivity index (χ0n) is 18.5. The molecule has 2 aliphatic carbocycles. The molecule has 0 atom stereocenters. The van der Waals surface area contributed by atoms with Crippen LogP contribution in [0, 0.1) is 0 Å². The molecular weight excluding hydrogens is 460 g/mol. The summed E-state index contributed by atoms with van der Waals surface area (Å²) in [7, 11) is 0. The number of aliphatic hydroxyl groups is 6. The van der Waals surface area contributed by atoms with E-state index in [1.807, 2.05) is 0 Å². The molecule has 0 fully saturated rings. The molecule has 0 aliphatic heterocycles. The highest BCUT2D eigenvalue weighted by Crippen LogP contribution is 2.36. The van der Waals surface area contributed by atoms with Gasteiger partial charge in [0.05, 0.1) is 39.6 Å². The molecule has 4 rings (SSSR count). The highest BCUT2D eigenvalue weighted by atomic mass is 16.3. The van der Waals surface area contributed by atoms with Gasteiger partial charge in [0.1, 0.15) is 27.5 Å². The van der Waals surface area contributed by atoms with E-state index in [2.05, 4.69) is 9.98 Å². The van der Waals surface area contributed by atoms with Gasteiger partial charge in [0.2, 0.25) is 10.9 Å². The Kier molecular flexibility index (Phi) is 6.40. The largest absolute Gasteiger partial charge is 0.508 e. The molecule has 7 N–H and O–H groups in total. The molecule has 0 bridgehead atoms. The van der Waals surface area contributed by atoms with Crippen LogP contribution in [0.2, 0.25) is 0 Å². The molecular formula is C24H24N2O9. The molecule has 0 spiro atoms. The number of hydrogen-bond acceptors (Lipinski definition) is 11. The van der Waals surface area contributed by atoms with E-state index in [0.717, 1.165) is 0 Å². The highest BCUT2D eigenvalue weighted by Gasteiger charge is 2.31. The Morgan fingerprint density at radius 2 is 1.00 bits per heavy atom. The van der Waals surface area contributed by atoms with Crippen LogP contribution in [0.25, 0.3) is 32.7 Å². The van der Waals surface area contributed by atoms with Crippen LogP contribution >= 0.6 is 0 Å². The second-order valence-corrected chi connectivity index (χ2v) is 8.62. The molecule has 0 heterocycles. The smallest absolute Gasteiger partial charge is 0.212 e. The summed E-state index contributed by atoms with van der Waals surface area (Å²) in [6.07, 6.45) is 0. The van der Waals surface area contributed by atoms with Crippen molar-refractivity contribution in [2.45, 2.75) is 11.1 Å². The SMILES string of the molecule is O=c1c(=NC(CO)(CO)CO)c2cccc3c2-c2c1cc(O)cc2c(=NC(CO)(CO)CO)c3=O. The summed E-state index contributed by atoms with van der Waals surface area (Å²) in [4.78, 5) is 35.5. The van der Waals surface area contributed by atoms with Crippen LogP contribution < -0.4 is 21.6 Å². The van der Waals surface area contributed by atoms with Crippen molar-refractivity contribution in [1.82, 2.24) is 0 Å². The van der Waals surface area contributed by atoms with Crippen LogP contribution in [0.4, 0.5) is 0 Å². The van der Waals surface area contributed by atoms with E-state index in [9.17, 15) is 45.3 Å². The predicted molar refractivity (Wildman–Crippen MR) is 125 cm³/mol. The number of aromatic hydroxyl groups is 1. The first-order valence-corrected chi connectivity index (χ1v) is 10.7. The fraction of sp³-hybridized carbons (Fsp3) is 0.333. The number of nitrogens with zero attached hydrogens (tertiary/aromatic N) is 2. The Morgan fingerprint density at radius 3 is 1.51 bits per heavy atom. The second-order valence-electron chi connectivity index (χ2n) is 8.62. The molecule has 11 nitrogen and oxygen atoms in total. The van der Waals surface area contributed by atoms with Crippen LogP contribution in [0.3, 0.4) is 0 Å². The minimum Gasteiger partial charge on any atom is -0.508 e. The maximum Gasteiger partial charge on any atom is 0.212 e. The summed E-state index contributed by atoms with van der Waals surface area (Å²) in [6, 6.07) is 6.92. The normalized spacial score (nSPS) is 14.2. The minimum atomic E-state index is -1.78. The molecule has 2 aromatic carbocycles. The zero-order valence-corrected chi connectivity index (χ0v) is 18.5. The number of benzene rings is 4. The van der Waals surface area contributed by atoms with Crippen molar-refractivity contribution in [3.63, 3.8) is 0 Å². The third kappa shape index (κ3) is 3.69. The molecule has 0 unspecified atom stereocenters. The first-order chi connectivity index (χ1) is 16.7. The van der Waals surface area contributed by atoms with Crippen LogP contribution in [-0.4, -0.2) is 86.5 Å². The number of rotatable bonds is 8. The minimum absolute atomic E-state index is 0.0378. The van der Waals surface area contributed by atoms with Gasteiger partial charge in [0, 0.05) is 32.7 Å². The summed E-state index contributed by atoms with van der Waals surface area (Å²) in [6.45, 7) is -4.59. The van der Waals surface area contributed by atoms with Gasteiger partial charge in [-0.3, -0.25) is 19.6 Å². The average molecular weight is 484 g/mol. The Morgan fingerprint density at radius 1 is 0.600 bits per heavy atom. The van der Waals surface area contributed by atoms with E-state index in [0.29, 0.717) is 5.56 Å². The average Bonchev–Trinajstić information content (AvgIpc) is 2.89. The molecule has 0 saturated carbocycles. The Balaban J connectivity index is 2.34. The summed E-state index contributed by atoms with van der Waals surface area (Å²) in [5.41, 5.74) is -4.30. The van der Waals surface area contributed by atoms with E-state index in [1.165, 1.54) is 30.3 Å². The van der Waals surface area contributed by atoms with Gasteiger partial charge in [-0.05, 0) is 12.1 Å². The monoisotopic (exact) mass is 484 g/mol. The Hall–Kier alpha value is -3.32. The molecule has 0 aromatic heterocycles. The predicted octanol–water partition coefficient (Wildman–Crippen LogP) is -2.93. The van der Waals surface area contributed by atoms with Crippen molar-refractivity contribution < 1.29 is 35.7 Å². The molecule has 35 heavy (non-hydrogen) atoms. The third-order valence-electron chi connectivity index (χ3n) is 6.33. The van der Waals surface area contributed by atoms with E-state index < -0.39 is 61.6 Å². The lowest BCUT2D eigenvalue weighted by molar-refractivity contribution is 0.0686. The molecule has 0 amide bonds.